The summed E-state index contributed by atoms with van der Waals surface area (Å²) in [5.74, 6) is -0.417. The topological polar surface area (TPSA) is 94.5 Å². The maximum atomic E-state index is 12.0. The van der Waals surface area contributed by atoms with Crippen molar-refractivity contribution >= 4 is 5.97 Å². The molecule has 3 aliphatic heterocycles. The fourth-order valence-corrected chi connectivity index (χ4v) is 5.76. The maximum Gasteiger partial charge on any atom is 0.336 e. The van der Waals surface area contributed by atoms with Gasteiger partial charge in [0, 0.05) is 38.7 Å². The van der Waals surface area contributed by atoms with E-state index in [1.165, 1.54) is 23.8 Å². The second kappa shape index (κ2) is 16.0. The van der Waals surface area contributed by atoms with Gasteiger partial charge in [0.2, 0.25) is 0 Å². The summed E-state index contributed by atoms with van der Waals surface area (Å²) in [6.07, 6.45) is 4.84. The number of benzene rings is 2. The van der Waals surface area contributed by atoms with E-state index in [0.717, 1.165) is 50.4 Å². The molecule has 0 amide bonds. The Morgan fingerprint density at radius 2 is 1.62 bits per heavy atom. The monoisotopic (exact) mass is 578 g/mol. The van der Waals surface area contributed by atoms with Crippen LogP contribution in [0, 0.1) is 13.8 Å². The third-order valence-corrected chi connectivity index (χ3v) is 8.12. The first kappa shape index (κ1) is 33.5. The van der Waals surface area contributed by atoms with Crippen LogP contribution in [0.2, 0.25) is 0 Å². The molecule has 0 radical (unpaired) electrons. The number of carbonyl (C=O) groups excluding carboxylic acids is 1. The summed E-state index contributed by atoms with van der Waals surface area (Å²) in [6, 6.07) is 16.8. The quantitative estimate of drug-likeness (QED) is 0.236. The van der Waals surface area contributed by atoms with Crippen LogP contribution < -0.4 is 0 Å². The van der Waals surface area contributed by atoms with Crippen molar-refractivity contribution in [2.75, 3.05) is 27.4 Å². The van der Waals surface area contributed by atoms with Crippen molar-refractivity contribution in [2.24, 2.45) is 0 Å². The van der Waals surface area contributed by atoms with Crippen molar-refractivity contribution in [3.8, 4) is 0 Å². The lowest BCUT2D eigenvalue weighted by Crippen LogP contribution is -2.48. The Morgan fingerprint density at radius 1 is 1.02 bits per heavy atom. The van der Waals surface area contributed by atoms with Crippen LogP contribution in [0.25, 0.3) is 0 Å². The first-order valence-electron chi connectivity index (χ1n) is 14.6. The minimum Gasteiger partial charge on any atom is -0.466 e. The normalized spacial score (nSPS) is 26.1. The minimum atomic E-state index is -0.749. The van der Waals surface area contributed by atoms with Crippen molar-refractivity contribution in [2.45, 2.75) is 82.4 Å². The highest BCUT2D eigenvalue weighted by Gasteiger charge is 2.55. The van der Waals surface area contributed by atoms with Crippen molar-refractivity contribution < 1.29 is 34.0 Å². The van der Waals surface area contributed by atoms with E-state index >= 15 is 0 Å². The molecule has 0 saturated carbocycles. The highest BCUT2D eigenvalue weighted by atomic mass is 16.6. The smallest absolute Gasteiger partial charge is 0.336 e. The Hall–Kier alpha value is -3.03. The Kier molecular flexibility index (Phi) is 12.7. The van der Waals surface area contributed by atoms with E-state index in [9.17, 15) is 4.79 Å². The molecule has 7 nitrogen and oxygen atoms in total. The van der Waals surface area contributed by atoms with Crippen LogP contribution >= 0.6 is 0 Å². The zero-order chi connectivity index (χ0) is 30.7. The molecule has 0 spiro atoms. The molecule has 3 fully saturated rings. The highest BCUT2D eigenvalue weighted by Crippen LogP contribution is 2.49. The van der Waals surface area contributed by atoms with Gasteiger partial charge in [-0.25, -0.2) is 4.79 Å². The van der Waals surface area contributed by atoms with Gasteiger partial charge in [0.25, 0.3) is 0 Å². The van der Waals surface area contributed by atoms with Crippen molar-refractivity contribution in [1.82, 2.24) is 0 Å². The average molecular weight is 579 g/mol. The molecule has 228 valence electrons. The van der Waals surface area contributed by atoms with Gasteiger partial charge in [0.1, 0.15) is 5.60 Å². The van der Waals surface area contributed by atoms with Gasteiger partial charge in [-0.2, -0.15) is 0 Å². The summed E-state index contributed by atoms with van der Waals surface area (Å²) < 4.78 is 23.1. The molecule has 5 atom stereocenters. The number of methoxy groups -OCH3 is 1. The molecular weight excluding hydrogens is 532 g/mol. The SMILES string of the molecule is C=C(C(=O)OC)[C@]12CC(c3ccc(C)cc3)OC1CCCO2.C=C=C1CC(c2ccc(C)cc2)OC1CCCO.CO. The fraction of sp³-hybridized carbons (Fsp3) is 0.486. The Labute approximate surface area is 250 Å². The van der Waals surface area contributed by atoms with Crippen LogP contribution in [-0.4, -0.2) is 61.4 Å². The van der Waals surface area contributed by atoms with E-state index in [1.54, 1.807) is 0 Å². The number of hydrogen-bond donors (Lipinski definition) is 2. The number of aliphatic hydroxyl groups excluding tert-OH is 2. The molecular formula is C35H46O7. The number of ether oxygens (including phenoxy) is 4. The van der Waals surface area contributed by atoms with Gasteiger partial charge >= 0.3 is 5.97 Å². The third-order valence-electron chi connectivity index (χ3n) is 8.12. The van der Waals surface area contributed by atoms with Crippen molar-refractivity contribution in [3.63, 3.8) is 0 Å². The summed E-state index contributed by atoms with van der Waals surface area (Å²) in [5, 5.41) is 15.9. The van der Waals surface area contributed by atoms with E-state index in [-0.39, 0.29) is 31.0 Å². The molecule has 5 rings (SSSR count). The summed E-state index contributed by atoms with van der Waals surface area (Å²) >= 11 is 0. The average Bonchev–Trinajstić information content (AvgIpc) is 3.63. The van der Waals surface area contributed by atoms with Gasteiger partial charge in [-0.3, -0.25) is 0 Å². The zero-order valence-corrected chi connectivity index (χ0v) is 25.4. The Balaban J connectivity index is 0.000000222. The molecule has 3 heterocycles. The molecule has 3 saturated heterocycles. The third kappa shape index (κ3) is 7.87. The predicted octanol–water partition coefficient (Wildman–Crippen LogP) is 6.02. The van der Waals surface area contributed by atoms with E-state index in [1.807, 2.05) is 0 Å². The number of aryl methyl sites for hydroxylation is 2. The van der Waals surface area contributed by atoms with E-state index in [2.05, 4.69) is 81.3 Å². The number of aliphatic hydroxyl groups is 2. The molecule has 0 aliphatic carbocycles. The molecule has 2 aromatic rings. The van der Waals surface area contributed by atoms with Gasteiger partial charge < -0.3 is 29.2 Å². The lowest BCUT2D eigenvalue weighted by Gasteiger charge is -2.38. The summed E-state index contributed by atoms with van der Waals surface area (Å²) in [6.45, 7) is 12.7. The van der Waals surface area contributed by atoms with Crippen LogP contribution in [0.1, 0.15) is 73.0 Å². The second-order valence-corrected chi connectivity index (χ2v) is 10.9. The van der Waals surface area contributed by atoms with E-state index in [4.69, 9.17) is 29.2 Å². The molecule has 2 aromatic carbocycles. The molecule has 42 heavy (non-hydrogen) atoms. The Bertz CT molecular complexity index is 1210. The highest BCUT2D eigenvalue weighted by molar-refractivity contribution is 5.90. The Morgan fingerprint density at radius 3 is 2.17 bits per heavy atom. The van der Waals surface area contributed by atoms with Crippen LogP contribution in [0.15, 0.2) is 78.6 Å². The van der Waals surface area contributed by atoms with E-state index in [0.29, 0.717) is 18.6 Å². The molecule has 2 N–H and O–H groups in total. The predicted molar refractivity (Wildman–Crippen MR) is 163 cm³/mol. The number of carbonyl (C=O) groups is 1. The van der Waals surface area contributed by atoms with Gasteiger partial charge in [-0.1, -0.05) is 72.8 Å². The number of hydrogen-bond acceptors (Lipinski definition) is 7. The standard InChI is InChI=1S/C18H22O4.C16H20O2.CH4O/c1-12-6-8-14(9-7-12)15-11-18(13(2)17(19)20-3)16(22-15)5-4-10-21-18;1-3-13-11-16(18-15(13)5-4-10-17)14-8-6-12(2)7-9-14;1-2/h6-9,15-16H,2,4-5,10-11H2,1,3H3;6-9,15-17H,1,4-5,10-11H2,2H3;2H,1H3/t15?,16?,18-;;/m1../s1. The largest absolute Gasteiger partial charge is 0.466 e. The summed E-state index contributed by atoms with van der Waals surface area (Å²) in [7, 11) is 2.37. The minimum absolute atomic E-state index is 0.0703. The number of rotatable bonds is 7. The van der Waals surface area contributed by atoms with Gasteiger partial charge in [-0.05, 0) is 50.7 Å². The van der Waals surface area contributed by atoms with Crippen molar-refractivity contribution in [3.05, 3.63) is 101 Å². The maximum absolute atomic E-state index is 12.0. The molecule has 4 unspecified atom stereocenters. The zero-order valence-electron chi connectivity index (χ0n) is 25.4. The summed E-state index contributed by atoms with van der Waals surface area (Å²) in [4.78, 5) is 12.0. The lowest BCUT2D eigenvalue weighted by atomic mass is 9.81. The molecule has 3 aliphatic rings. The molecule has 0 bridgehead atoms. The van der Waals surface area contributed by atoms with E-state index < -0.39 is 11.6 Å². The van der Waals surface area contributed by atoms with Gasteiger partial charge in [0.15, 0.2) is 0 Å². The van der Waals surface area contributed by atoms with Crippen molar-refractivity contribution in [1.29, 1.82) is 0 Å². The van der Waals surface area contributed by atoms with Crippen LogP contribution in [0.4, 0.5) is 0 Å². The van der Waals surface area contributed by atoms with Gasteiger partial charge in [0.05, 0.1) is 37.1 Å². The lowest BCUT2D eigenvalue weighted by molar-refractivity contribution is -0.146. The molecule has 7 heteroatoms. The summed E-state index contributed by atoms with van der Waals surface area (Å²) in [5.41, 5.74) is 8.54. The first-order chi connectivity index (χ1) is 20.3. The van der Waals surface area contributed by atoms with Crippen LogP contribution in [0.5, 0.6) is 0 Å². The fourth-order valence-electron chi connectivity index (χ4n) is 5.76. The number of esters is 1. The van der Waals surface area contributed by atoms with Crippen LogP contribution in [0.3, 0.4) is 0 Å². The van der Waals surface area contributed by atoms with Gasteiger partial charge in [-0.15, -0.1) is 5.73 Å². The van der Waals surface area contributed by atoms with Crippen LogP contribution in [-0.2, 0) is 23.7 Å². The molecule has 0 aromatic heterocycles. The second-order valence-electron chi connectivity index (χ2n) is 10.9. The number of fused-ring (bicyclic) bond motifs is 1. The first-order valence-corrected chi connectivity index (χ1v) is 14.6.